The van der Waals surface area contributed by atoms with Gasteiger partial charge in [-0.1, -0.05) is 12.1 Å². The molecule has 0 N–H and O–H groups in total. The summed E-state index contributed by atoms with van der Waals surface area (Å²) in [5.41, 5.74) is 1.90. The molecule has 2 aromatic heterocycles. The molecule has 0 aliphatic carbocycles. The molecule has 0 bridgehead atoms. The Kier molecular flexibility index (Phi) is 6.44. The van der Waals surface area contributed by atoms with Crippen LogP contribution in [0.1, 0.15) is 5.56 Å². The Bertz CT molecular complexity index is 1360. The van der Waals surface area contributed by atoms with Crippen molar-refractivity contribution in [1.82, 2.24) is 19.7 Å². The zero-order valence-corrected chi connectivity index (χ0v) is 19.7. The molecule has 1 fully saturated rings. The van der Waals surface area contributed by atoms with Crippen LogP contribution in [-0.2, 0) is 17.5 Å². The van der Waals surface area contributed by atoms with Crippen LogP contribution in [0.25, 0.3) is 22.6 Å². The van der Waals surface area contributed by atoms with E-state index in [2.05, 4.69) is 15.0 Å². The standard InChI is InChI=1S/C25H21ClF3N5O2/c26-24-30-15-22(36-24)17-4-6-20(7-5-17)32-10-12-33(13-11-32)23(35)16-34-9-8-21(31-34)18-2-1-3-19(14-18)25(27,28)29/h1-9,14-15H,10-13,16H2. The average molecular weight is 516 g/mol. The number of benzene rings is 2. The van der Waals surface area contributed by atoms with Crippen LogP contribution >= 0.6 is 11.6 Å². The number of alkyl halides is 3. The molecule has 1 aliphatic rings. The van der Waals surface area contributed by atoms with Crippen LogP contribution in [0.5, 0.6) is 0 Å². The summed E-state index contributed by atoms with van der Waals surface area (Å²) in [4.78, 5) is 20.7. The van der Waals surface area contributed by atoms with Crippen molar-refractivity contribution in [3.8, 4) is 22.6 Å². The Labute approximate surface area is 209 Å². The van der Waals surface area contributed by atoms with Gasteiger partial charge < -0.3 is 14.2 Å². The Morgan fingerprint density at radius 2 is 1.75 bits per heavy atom. The predicted molar refractivity (Wildman–Crippen MR) is 128 cm³/mol. The van der Waals surface area contributed by atoms with Crippen LogP contribution in [0, 0.1) is 0 Å². The molecule has 1 aliphatic heterocycles. The molecule has 186 valence electrons. The quantitative estimate of drug-likeness (QED) is 0.364. The normalized spacial score (nSPS) is 14.3. The van der Waals surface area contributed by atoms with Crippen molar-refractivity contribution in [2.45, 2.75) is 12.7 Å². The first-order valence-corrected chi connectivity index (χ1v) is 11.6. The summed E-state index contributed by atoms with van der Waals surface area (Å²) in [5, 5.41) is 4.40. The Hall–Kier alpha value is -3.79. The van der Waals surface area contributed by atoms with E-state index < -0.39 is 11.7 Å². The molecule has 0 unspecified atom stereocenters. The number of carbonyl (C=O) groups excluding carboxylic acids is 1. The van der Waals surface area contributed by atoms with Gasteiger partial charge in [0.05, 0.1) is 17.5 Å². The number of rotatable bonds is 5. The second-order valence-electron chi connectivity index (χ2n) is 8.37. The van der Waals surface area contributed by atoms with E-state index in [0.717, 1.165) is 23.4 Å². The fourth-order valence-electron chi connectivity index (χ4n) is 4.13. The van der Waals surface area contributed by atoms with Crippen LogP contribution in [0.4, 0.5) is 18.9 Å². The van der Waals surface area contributed by atoms with Gasteiger partial charge in [-0.15, -0.1) is 0 Å². The lowest BCUT2D eigenvalue weighted by molar-refractivity contribution is -0.137. The SMILES string of the molecule is O=C(Cn1ccc(-c2cccc(C(F)(F)F)c2)n1)N1CCN(c2ccc(-c3cnc(Cl)o3)cc2)CC1. The van der Waals surface area contributed by atoms with Crippen molar-refractivity contribution in [2.75, 3.05) is 31.1 Å². The second kappa shape index (κ2) is 9.69. The molecule has 1 saturated heterocycles. The van der Waals surface area contributed by atoms with Gasteiger partial charge >= 0.3 is 6.18 Å². The van der Waals surface area contributed by atoms with E-state index in [-0.39, 0.29) is 17.8 Å². The number of oxazole rings is 1. The molecule has 4 aromatic rings. The molecular formula is C25H21ClF3N5O2. The lowest BCUT2D eigenvalue weighted by Gasteiger charge is -2.36. The van der Waals surface area contributed by atoms with Crippen molar-refractivity contribution in [3.63, 3.8) is 0 Å². The van der Waals surface area contributed by atoms with Gasteiger partial charge in [-0.2, -0.15) is 18.3 Å². The number of amides is 1. The van der Waals surface area contributed by atoms with E-state index in [4.69, 9.17) is 16.0 Å². The highest BCUT2D eigenvalue weighted by Gasteiger charge is 2.30. The minimum Gasteiger partial charge on any atom is -0.428 e. The molecule has 1 amide bonds. The number of hydrogen-bond acceptors (Lipinski definition) is 5. The van der Waals surface area contributed by atoms with Crippen LogP contribution < -0.4 is 4.90 Å². The third kappa shape index (κ3) is 5.23. The van der Waals surface area contributed by atoms with Gasteiger partial charge in [0.1, 0.15) is 6.54 Å². The van der Waals surface area contributed by atoms with Crippen molar-refractivity contribution in [1.29, 1.82) is 0 Å². The van der Waals surface area contributed by atoms with Gasteiger partial charge in [-0.05, 0) is 54.1 Å². The fraction of sp³-hybridized carbons (Fsp3) is 0.240. The van der Waals surface area contributed by atoms with Crippen molar-refractivity contribution in [3.05, 3.63) is 77.9 Å². The fourth-order valence-corrected chi connectivity index (χ4v) is 4.27. The van der Waals surface area contributed by atoms with Crippen molar-refractivity contribution in [2.24, 2.45) is 0 Å². The molecule has 0 radical (unpaired) electrons. The van der Waals surface area contributed by atoms with Gasteiger partial charge in [-0.3, -0.25) is 9.48 Å². The van der Waals surface area contributed by atoms with Crippen molar-refractivity contribution >= 4 is 23.2 Å². The lowest BCUT2D eigenvalue weighted by atomic mass is 10.1. The van der Waals surface area contributed by atoms with Crippen LogP contribution in [-0.4, -0.2) is 51.8 Å². The maximum absolute atomic E-state index is 13.0. The molecule has 3 heterocycles. The first kappa shape index (κ1) is 23.9. The zero-order chi connectivity index (χ0) is 25.3. The number of halogens is 4. The van der Waals surface area contributed by atoms with Crippen LogP contribution in [0.15, 0.2) is 71.4 Å². The van der Waals surface area contributed by atoms with E-state index >= 15 is 0 Å². The minimum atomic E-state index is -4.43. The summed E-state index contributed by atoms with van der Waals surface area (Å²) < 4.78 is 45.8. The monoisotopic (exact) mass is 515 g/mol. The number of piperazine rings is 1. The first-order valence-electron chi connectivity index (χ1n) is 11.2. The summed E-state index contributed by atoms with van der Waals surface area (Å²) in [5.74, 6) is 0.502. The van der Waals surface area contributed by atoms with E-state index in [1.807, 2.05) is 24.3 Å². The Morgan fingerprint density at radius 1 is 1.00 bits per heavy atom. The molecule has 5 rings (SSSR count). The van der Waals surface area contributed by atoms with Gasteiger partial charge in [-0.25, -0.2) is 4.98 Å². The maximum Gasteiger partial charge on any atom is 0.416 e. The van der Waals surface area contributed by atoms with Gasteiger partial charge in [0.25, 0.3) is 5.35 Å². The Morgan fingerprint density at radius 3 is 2.42 bits per heavy atom. The van der Waals surface area contributed by atoms with E-state index in [1.54, 1.807) is 29.4 Å². The van der Waals surface area contributed by atoms with Gasteiger partial charge in [0, 0.05) is 49.2 Å². The lowest BCUT2D eigenvalue weighted by Crippen LogP contribution is -2.49. The molecular weight excluding hydrogens is 495 g/mol. The smallest absolute Gasteiger partial charge is 0.416 e. The minimum absolute atomic E-state index is 0.0212. The summed E-state index contributed by atoms with van der Waals surface area (Å²) in [6, 6.07) is 14.4. The third-order valence-corrected chi connectivity index (χ3v) is 6.23. The number of anilines is 1. The van der Waals surface area contributed by atoms with Gasteiger partial charge in [0.15, 0.2) is 5.76 Å². The Balaban J connectivity index is 1.17. The highest BCUT2D eigenvalue weighted by molar-refractivity contribution is 6.27. The molecule has 0 saturated carbocycles. The van der Waals surface area contributed by atoms with Crippen LogP contribution in [0.2, 0.25) is 5.35 Å². The molecule has 7 nitrogen and oxygen atoms in total. The highest BCUT2D eigenvalue weighted by Crippen LogP contribution is 2.32. The van der Waals surface area contributed by atoms with E-state index in [1.165, 1.54) is 10.7 Å². The summed E-state index contributed by atoms with van der Waals surface area (Å²) in [6.07, 6.45) is -1.25. The number of nitrogens with zero attached hydrogens (tertiary/aromatic N) is 5. The molecule has 0 atom stereocenters. The topological polar surface area (TPSA) is 67.4 Å². The second-order valence-corrected chi connectivity index (χ2v) is 8.69. The molecule has 36 heavy (non-hydrogen) atoms. The summed E-state index contributed by atoms with van der Waals surface area (Å²) in [7, 11) is 0. The third-order valence-electron chi connectivity index (χ3n) is 6.05. The number of carbonyl (C=O) groups is 1. The van der Waals surface area contributed by atoms with Crippen molar-refractivity contribution < 1.29 is 22.4 Å². The zero-order valence-electron chi connectivity index (χ0n) is 19.0. The number of hydrogen-bond donors (Lipinski definition) is 0. The maximum atomic E-state index is 13.0. The van der Waals surface area contributed by atoms with Gasteiger partial charge in [0.2, 0.25) is 5.91 Å². The van der Waals surface area contributed by atoms with E-state index in [9.17, 15) is 18.0 Å². The average Bonchev–Trinajstić information content (AvgIpc) is 3.53. The number of aromatic nitrogens is 3. The molecule has 0 spiro atoms. The molecule has 11 heteroatoms. The molecule has 2 aromatic carbocycles. The summed E-state index contributed by atoms with van der Waals surface area (Å²) >= 11 is 5.74. The summed E-state index contributed by atoms with van der Waals surface area (Å²) in [6.45, 7) is 2.48. The predicted octanol–water partition coefficient (Wildman–Crippen LogP) is 5.23. The van der Waals surface area contributed by atoms with Crippen LogP contribution in [0.3, 0.4) is 0 Å². The first-order chi connectivity index (χ1) is 17.3. The largest absolute Gasteiger partial charge is 0.428 e. The highest BCUT2D eigenvalue weighted by atomic mass is 35.5. The van der Waals surface area contributed by atoms with E-state index in [0.29, 0.717) is 43.2 Å².